The summed E-state index contributed by atoms with van der Waals surface area (Å²) < 4.78 is 10.0. The van der Waals surface area contributed by atoms with Crippen LogP contribution in [-0.2, 0) is 4.84 Å². The van der Waals surface area contributed by atoms with Crippen LogP contribution in [0, 0.1) is 6.92 Å². The zero-order valence-corrected chi connectivity index (χ0v) is 9.91. The average Bonchev–Trinajstić information content (AvgIpc) is 2.79. The lowest BCUT2D eigenvalue weighted by atomic mass is 10.3. The lowest BCUT2D eigenvalue weighted by Crippen LogP contribution is -2.75. The Morgan fingerprint density at radius 3 is 2.56 bits per heavy atom. The summed E-state index contributed by atoms with van der Waals surface area (Å²) in [4.78, 5) is 16.4. The van der Waals surface area contributed by atoms with Gasteiger partial charge in [0.2, 0.25) is 5.89 Å². The van der Waals surface area contributed by atoms with Gasteiger partial charge < -0.3 is 9.15 Å². The normalized spacial score (nSPS) is 10.3. The Bertz CT molecular complexity index is 535. The summed E-state index contributed by atoms with van der Waals surface area (Å²) >= 11 is 0. The van der Waals surface area contributed by atoms with Crippen molar-refractivity contribution >= 4 is 11.7 Å². The highest BCUT2D eigenvalue weighted by molar-refractivity contribution is 5.85. The van der Waals surface area contributed by atoms with Crippen LogP contribution in [0.2, 0.25) is 0 Å². The van der Waals surface area contributed by atoms with Crippen molar-refractivity contribution in [3.05, 3.63) is 36.0 Å². The van der Waals surface area contributed by atoms with Crippen molar-refractivity contribution in [2.75, 3.05) is 7.11 Å². The van der Waals surface area contributed by atoms with Gasteiger partial charge in [-0.2, -0.15) is 5.48 Å². The summed E-state index contributed by atoms with van der Waals surface area (Å²) in [5.74, 6) is -0.143. The molecular formula is C11H12N3O4+. The van der Waals surface area contributed by atoms with Gasteiger partial charge in [-0.1, -0.05) is 0 Å². The minimum atomic E-state index is -0.681. The molecule has 7 heteroatoms. The van der Waals surface area contributed by atoms with Crippen LogP contribution in [0.3, 0.4) is 0 Å². The predicted molar refractivity (Wildman–Crippen MR) is 59.0 cm³/mol. The van der Waals surface area contributed by atoms with Crippen LogP contribution in [0.4, 0.5) is 5.69 Å². The Morgan fingerprint density at radius 1 is 1.28 bits per heavy atom. The topological polar surface area (TPSA) is 91.1 Å². The lowest BCUT2D eigenvalue weighted by molar-refractivity contribution is -0.830. The molecule has 0 bridgehead atoms. The fourth-order valence-electron chi connectivity index (χ4n) is 1.28. The third-order valence-electron chi connectivity index (χ3n) is 2.05. The fraction of sp³-hybridized carbons (Fsp3) is 0.182. The number of carbonyl (C=O) groups excluding carboxylic acids is 1. The summed E-state index contributed by atoms with van der Waals surface area (Å²) in [6.07, 6.45) is 0. The molecule has 2 aromatic rings. The number of carbonyl (C=O) groups is 1. The number of rotatable bonds is 4. The molecule has 0 aliphatic rings. The highest BCUT2D eigenvalue weighted by atomic mass is 16.6. The Labute approximate surface area is 103 Å². The molecule has 18 heavy (non-hydrogen) atoms. The second kappa shape index (κ2) is 5.39. The Balaban J connectivity index is 2.03. The molecule has 1 aromatic carbocycles. The zero-order chi connectivity index (χ0) is 13.0. The molecule has 2 rings (SSSR count). The third kappa shape index (κ3) is 2.90. The van der Waals surface area contributed by atoms with Crippen LogP contribution in [0.5, 0.6) is 5.75 Å². The summed E-state index contributed by atoms with van der Waals surface area (Å²) in [5, 5.41) is 7.12. The second-order valence-electron chi connectivity index (χ2n) is 3.44. The number of aryl methyl sites for hydroxylation is 1. The van der Waals surface area contributed by atoms with Crippen molar-refractivity contribution in [1.82, 2.24) is 10.2 Å². The monoisotopic (exact) mass is 250 g/mol. The van der Waals surface area contributed by atoms with Gasteiger partial charge in [0.05, 0.1) is 7.11 Å². The van der Waals surface area contributed by atoms with Gasteiger partial charge in [0.1, 0.15) is 5.75 Å². The first kappa shape index (κ1) is 12.2. The maximum Gasteiger partial charge on any atom is 0.401 e. The van der Waals surface area contributed by atoms with Crippen molar-refractivity contribution < 1.29 is 24.3 Å². The largest absolute Gasteiger partial charge is 0.419 e. The SMILES string of the molecule is CO[NH2+]c1ccc(OC(=O)c2nnc(C)o2)cc1. The first-order valence-corrected chi connectivity index (χ1v) is 5.17. The number of aromatic nitrogens is 2. The first-order valence-electron chi connectivity index (χ1n) is 5.17. The van der Waals surface area contributed by atoms with E-state index in [1.54, 1.807) is 43.8 Å². The van der Waals surface area contributed by atoms with E-state index in [0.717, 1.165) is 5.69 Å². The van der Waals surface area contributed by atoms with Crippen molar-refractivity contribution in [1.29, 1.82) is 0 Å². The van der Waals surface area contributed by atoms with Crippen LogP contribution in [-0.4, -0.2) is 23.3 Å². The number of benzene rings is 1. The Hall–Kier alpha value is -2.25. The van der Waals surface area contributed by atoms with Gasteiger partial charge in [-0.3, -0.25) is 0 Å². The number of ether oxygens (including phenoxy) is 1. The molecule has 0 unspecified atom stereocenters. The van der Waals surface area contributed by atoms with Gasteiger partial charge in [-0.25, -0.2) is 9.63 Å². The molecule has 0 amide bonds. The summed E-state index contributed by atoms with van der Waals surface area (Å²) in [5.41, 5.74) is 2.44. The Morgan fingerprint density at radius 2 is 2.00 bits per heavy atom. The molecule has 1 aromatic heterocycles. The minimum absolute atomic E-state index is 0.167. The molecule has 1 heterocycles. The first-order chi connectivity index (χ1) is 8.69. The molecule has 0 atom stereocenters. The molecular weight excluding hydrogens is 238 g/mol. The van der Waals surface area contributed by atoms with E-state index in [4.69, 9.17) is 14.0 Å². The van der Waals surface area contributed by atoms with E-state index in [1.165, 1.54) is 0 Å². The Kier molecular flexibility index (Phi) is 3.66. The van der Waals surface area contributed by atoms with Crippen LogP contribution in [0.1, 0.15) is 16.6 Å². The van der Waals surface area contributed by atoms with E-state index in [9.17, 15) is 4.79 Å². The number of hydrogen-bond acceptors (Lipinski definition) is 6. The fourth-order valence-corrected chi connectivity index (χ4v) is 1.28. The lowest BCUT2D eigenvalue weighted by Gasteiger charge is -2.01. The van der Waals surface area contributed by atoms with E-state index < -0.39 is 5.97 Å². The second-order valence-corrected chi connectivity index (χ2v) is 3.44. The number of nitrogens with two attached hydrogens (primary N) is 1. The van der Waals surface area contributed by atoms with Crippen LogP contribution < -0.4 is 10.2 Å². The molecule has 0 radical (unpaired) electrons. The van der Waals surface area contributed by atoms with Gasteiger partial charge in [0, 0.05) is 19.1 Å². The van der Waals surface area contributed by atoms with E-state index in [2.05, 4.69) is 10.2 Å². The highest BCUT2D eigenvalue weighted by Crippen LogP contribution is 2.14. The van der Waals surface area contributed by atoms with E-state index in [0.29, 0.717) is 11.6 Å². The molecule has 0 spiro atoms. The maximum atomic E-state index is 11.6. The maximum absolute atomic E-state index is 11.6. The highest BCUT2D eigenvalue weighted by Gasteiger charge is 2.16. The molecule has 0 fully saturated rings. The third-order valence-corrected chi connectivity index (χ3v) is 2.05. The van der Waals surface area contributed by atoms with Crippen LogP contribution in [0.25, 0.3) is 0 Å². The zero-order valence-electron chi connectivity index (χ0n) is 9.91. The number of hydrogen-bond donors (Lipinski definition) is 1. The summed E-state index contributed by atoms with van der Waals surface area (Å²) in [6.45, 7) is 1.60. The predicted octanol–water partition coefficient (Wildman–Crippen LogP) is 0.354. The van der Waals surface area contributed by atoms with E-state index >= 15 is 0 Å². The van der Waals surface area contributed by atoms with Crippen LogP contribution >= 0.6 is 0 Å². The number of quaternary nitrogens is 1. The molecule has 2 N–H and O–H groups in total. The van der Waals surface area contributed by atoms with Crippen molar-refractivity contribution in [3.63, 3.8) is 0 Å². The van der Waals surface area contributed by atoms with Gasteiger partial charge in [0.25, 0.3) is 0 Å². The average molecular weight is 250 g/mol. The van der Waals surface area contributed by atoms with E-state index in [1.807, 2.05) is 0 Å². The molecule has 7 nitrogen and oxygen atoms in total. The smallest absolute Gasteiger partial charge is 0.401 e. The van der Waals surface area contributed by atoms with Crippen molar-refractivity contribution in [2.45, 2.75) is 6.92 Å². The van der Waals surface area contributed by atoms with Gasteiger partial charge in [-0.15, -0.1) is 10.2 Å². The summed E-state index contributed by atoms with van der Waals surface area (Å²) in [6, 6.07) is 6.80. The molecule has 94 valence electrons. The number of esters is 1. The molecule has 0 saturated carbocycles. The van der Waals surface area contributed by atoms with Gasteiger partial charge in [0.15, 0.2) is 5.69 Å². The van der Waals surface area contributed by atoms with Gasteiger partial charge >= 0.3 is 11.9 Å². The minimum Gasteiger partial charge on any atom is -0.419 e. The molecule has 0 saturated heterocycles. The van der Waals surface area contributed by atoms with E-state index in [-0.39, 0.29) is 5.89 Å². The summed E-state index contributed by atoms with van der Waals surface area (Å²) in [7, 11) is 1.56. The molecule has 0 aliphatic carbocycles. The molecule has 0 aliphatic heterocycles. The van der Waals surface area contributed by atoms with Gasteiger partial charge in [-0.05, 0) is 12.1 Å². The van der Waals surface area contributed by atoms with Crippen molar-refractivity contribution in [2.24, 2.45) is 0 Å². The quantitative estimate of drug-likeness (QED) is 0.364. The standard InChI is InChI=1S/C11H11N3O4/c1-7-12-13-10(17-7)11(15)18-9-5-3-8(4-6-9)14-16-2/h3-6,14H,1-2H3/p+1. The van der Waals surface area contributed by atoms with Crippen molar-refractivity contribution in [3.8, 4) is 5.75 Å². The number of nitrogens with zero attached hydrogens (tertiary/aromatic N) is 2. The van der Waals surface area contributed by atoms with Crippen LogP contribution in [0.15, 0.2) is 28.7 Å².